The van der Waals surface area contributed by atoms with Crippen molar-refractivity contribution in [2.24, 2.45) is 23.2 Å². The molecular formula is C27H45Y-. The van der Waals surface area contributed by atoms with Crippen LogP contribution in [0.1, 0.15) is 109 Å². The standard InChI is InChI=1S/C25H37.2CH4.Y/c1-4-5-6-7-8-19-10-12-21-20(17-19)11-13-23-22(21)15-16-25(3)18(2)9-14-24(23)25;;;/h10,12,17-18,22-24H,1,4-9,11,13-16H2,2-3H3;2*1H4;/q-1;;;. The fraction of sp³-hybridized carbons (Fsp3) is 0.741. The summed E-state index contributed by atoms with van der Waals surface area (Å²) in [6.45, 7) is 9.11. The Balaban J connectivity index is 0.00000131. The summed E-state index contributed by atoms with van der Waals surface area (Å²) in [5.74, 6) is 3.78. The molecule has 1 heteroatoms. The molecule has 3 aliphatic carbocycles. The molecule has 28 heavy (non-hydrogen) atoms. The molecule has 0 aromatic heterocycles. The zero-order valence-electron chi connectivity index (χ0n) is 17.1. The summed E-state index contributed by atoms with van der Waals surface area (Å²) in [7, 11) is 0. The van der Waals surface area contributed by atoms with E-state index in [9.17, 15) is 0 Å². The van der Waals surface area contributed by atoms with Gasteiger partial charge >= 0.3 is 0 Å². The van der Waals surface area contributed by atoms with Crippen LogP contribution in [0.3, 0.4) is 0 Å². The number of hydrogen-bond donors (Lipinski definition) is 0. The topological polar surface area (TPSA) is 0 Å². The van der Waals surface area contributed by atoms with Gasteiger partial charge in [-0.1, -0.05) is 59.7 Å². The molecule has 0 saturated heterocycles. The summed E-state index contributed by atoms with van der Waals surface area (Å²) < 4.78 is 0. The van der Waals surface area contributed by atoms with Gasteiger partial charge in [0.15, 0.2) is 0 Å². The van der Waals surface area contributed by atoms with E-state index in [-0.39, 0.29) is 47.6 Å². The summed E-state index contributed by atoms with van der Waals surface area (Å²) in [5.41, 5.74) is 5.66. The first-order valence-corrected chi connectivity index (χ1v) is 11.0. The largest absolute Gasteiger partial charge is 0.343 e. The van der Waals surface area contributed by atoms with E-state index in [4.69, 9.17) is 0 Å². The van der Waals surface area contributed by atoms with Gasteiger partial charge in [-0.05, 0) is 97.1 Å². The van der Waals surface area contributed by atoms with Crippen molar-refractivity contribution in [1.82, 2.24) is 0 Å². The summed E-state index contributed by atoms with van der Waals surface area (Å²) in [4.78, 5) is 0. The van der Waals surface area contributed by atoms with E-state index in [2.05, 4.69) is 39.0 Å². The number of fused-ring (bicyclic) bond motifs is 5. The van der Waals surface area contributed by atoms with E-state index in [1.165, 1.54) is 64.2 Å². The van der Waals surface area contributed by atoms with Crippen molar-refractivity contribution in [3.05, 3.63) is 41.8 Å². The number of unbranched alkanes of at least 4 members (excludes halogenated alkanes) is 3. The van der Waals surface area contributed by atoms with Gasteiger partial charge in [-0.25, -0.2) is 0 Å². The Hall–Kier alpha value is 0.324. The summed E-state index contributed by atoms with van der Waals surface area (Å²) in [6, 6.07) is 7.56. The fourth-order valence-electron chi connectivity index (χ4n) is 6.74. The molecule has 157 valence electrons. The minimum Gasteiger partial charge on any atom is -0.343 e. The average molecular weight is 459 g/mol. The summed E-state index contributed by atoms with van der Waals surface area (Å²) in [5, 5.41) is 0. The first kappa shape index (κ1) is 26.4. The van der Waals surface area contributed by atoms with Gasteiger partial charge in [-0.3, -0.25) is 0 Å². The number of aryl methyl sites for hydroxylation is 2. The maximum Gasteiger partial charge on any atom is 0 e. The van der Waals surface area contributed by atoms with E-state index in [0.717, 1.165) is 30.1 Å². The van der Waals surface area contributed by atoms with E-state index < -0.39 is 0 Å². The third kappa shape index (κ3) is 4.80. The molecule has 0 amide bonds. The molecule has 0 N–H and O–H groups in total. The van der Waals surface area contributed by atoms with Crippen LogP contribution in [0.25, 0.3) is 0 Å². The van der Waals surface area contributed by atoms with Crippen molar-refractivity contribution in [2.45, 2.75) is 105 Å². The van der Waals surface area contributed by atoms with Gasteiger partial charge in [0, 0.05) is 32.7 Å². The quantitative estimate of drug-likeness (QED) is 0.307. The smallest absolute Gasteiger partial charge is 0 e. The van der Waals surface area contributed by atoms with Crippen molar-refractivity contribution >= 4 is 0 Å². The van der Waals surface area contributed by atoms with Crippen molar-refractivity contribution < 1.29 is 32.7 Å². The summed E-state index contributed by atoms with van der Waals surface area (Å²) >= 11 is 0. The van der Waals surface area contributed by atoms with Crippen LogP contribution >= 0.6 is 0 Å². The van der Waals surface area contributed by atoms with Crippen molar-refractivity contribution in [1.29, 1.82) is 0 Å². The monoisotopic (exact) mass is 458 g/mol. The Bertz CT molecular complexity index is 606. The maximum absolute atomic E-state index is 3.96. The van der Waals surface area contributed by atoms with E-state index in [0.29, 0.717) is 5.41 Å². The first-order chi connectivity index (χ1) is 12.1. The molecule has 0 spiro atoms. The van der Waals surface area contributed by atoms with Crippen molar-refractivity contribution in [2.75, 3.05) is 0 Å². The third-order valence-corrected chi connectivity index (χ3v) is 8.48. The van der Waals surface area contributed by atoms with Crippen LogP contribution in [0.2, 0.25) is 0 Å². The van der Waals surface area contributed by atoms with E-state index in [1.54, 1.807) is 16.7 Å². The molecule has 0 heterocycles. The Kier molecular flexibility index (Phi) is 10.4. The van der Waals surface area contributed by atoms with Crippen LogP contribution in [0, 0.1) is 30.1 Å². The maximum atomic E-state index is 3.96. The van der Waals surface area contributed by atoms with Gasteiger partial charge in [0.2, 0.25) is 0 Å². The Morgan fingerprint density at radius 3 is 2.57 bits per heavy atom. The molecular weight excluding hydrogens is 413 g/mol. The second kappa shape index (κ2) is 11.1. The molecule has 0 aliphatic heterocycles. The van der Waals surface area contributed by atoms with E-state index in [1.807, 2.05) is 0 Å². The molecule has 0 nitrogen and oxygen atoms in total. The van der Waals surface area contributed by atoms with Crippen LogP contribution in [0.5, 0.6) is 0 Å². The van der Waals surface area contributed by atoms with Crippen LogP contribution in [-0.4, -0.2) is 0 Å². The van der Waals surface area contributed by atoms with Gasteiger partial charge in [0.1, 0.15) is 0 Å². The van der Waals surface area contributed by atoms with Gasteiger partial charge in [-0.15, -0.1) is 0 Å². The van der Waals surface area contributed by atoms with Crippen LogP contribution < -0.4 is 0 Å². The van der Waals surface area contributed by atoms with Crippen molar-refractivity contribution in [3.63, 3.8) is 0 Å². The Morgan fingerprint density at radius 2 is 1.82 bits per heavy atom. The molecule has 1 aromatic carbocycles. The number of rotatable bonds is 5. The van der Waals surface area contributed by atoms with Gasteiger partial charge in [0.25, 0.3) is 0 Å². The third-order valence-electron chi connectivity index (χ3n) is 8.48. The van der Waals surface area contributed by atoms with Gasteiger partial charge in [0.05, 0.1) is 0 Å². The van der Waals surface area contributed by atoms with Crippen LogP contribution in [0.15, 0.2) is 18.2 Å². The average Bonchev–Trinajstić information content (AvgIpc) is 2.93. The molecule has 1 radical (unpaired) electrons. The number of hydrogen-bond acceptors (Lipinski definition) is 0. The molecule has 3 aliphatic rings. The van der Waals surface area contributed by atoms with Crippen molar-refractivity contribution in [3.8, 4) is 0 Å². The van der Waals surface area contributed by atoms with Gasteiger partial charge < -0.3 is 6.92 Å². The minimum absolute atomic E-state index is 0. The molecule has 0 bridgehead atoms. The Morgan fingerprint density at radius 1 is 1.04 bits per heavy atom. The van der Waals surface area contributed by atoms with Crippen LogP contribution in [-0.2, 0) is 45.6 Å². The first-order valence-electron chi connectivity index (χ1n) is 11.0. The minimum atomic E-state index is 0. The fourth-order valence-corrected chi connectivity index (χ4v) is 6.74. The molecule has 5 atom stereocenters. The summed E-state index contributed by atoms with van der Waals surface area (Å²) in [6.07, 6.45) is 15.0. The molecule has 2 saturated carbocycles. The second-order valence-electron chi connectivity index (χ2n) is 9.64. The molecule has 1 aromatic rings. The zero-order chi connectivity index (χ0) is 17.4. The second-order valence-corrected chi connectivity index (χ2v) is 9.64. The van der Waals surface area contributed by atoms with E-state index >= 15 is 0 Å². The SMILES string of the molecule is C.C.[CH2-]CCCCCc1ccc2c(c1)CCC1C2CCC2(C)C(C)CCC12.[Y]. The molecule has 5 unspecified atom stereocenters. The van der Waals surface area contributed by atoms with Crippen LogP contribution in [0.4, 0.5) is 0 Å². The normalized spacial score (nSPS) is 32.7. The van der Waals surface area contributed by atoms with Gasteiger partial charge in [-0.2, -0.15) is 6.42 Å². The zero-order valence-corrected chi connectivity index (χ0v) is 19.9. The molecule has 2 fully saturated rings. The molecule has 4 rings (SSSR count). The predicted octanol–water partition coefficient (Wildman–Crippen LogP) is 8.39. The Labute approximate surface area is 201 Å². The predicted molar refractivity (Wildman–Crippen MR) is 121 cm³/mol. The number of benzene rings is 1.